The molecule has 1 aliphatic carbocycles. The van der Waals surface area contributed by atoms with Crippen LogP contribution in [0.2, 0.25) is 0 Å². The minimum absolute atomic E-state index is 0.0517. The van der Waals surface area contributed by atoms with Crippen molar-refractivity contribution in [3.63, 3.8) is 0 Å². The predicted octanol–water partition coefficient (Wildman–Crippen LogP) is 3.51. The van der Waals surface area contributed by atoms with E-state index >= 15 is 0 Å². The van der Waals surface area contributed by atoms with E-state index in [4.69, 9.17) is 10.2 Å². The van der Waals surface area contributed by atoms with E-state index in [9.17, 15) is 0 Å². The first-order valence-electron chi connectivity index (χ1n) is 6.23. The molecular weight excluding hydrogens is 210 g/mol. The monoisotopic (exact) mass is 229 g/mol. The number of benzene rings is 1. The van der Waals surface area contributed by atoms with E-state index in [0.29, 0.717) is 0 Å². The van der Waals surface area contributed by atoms with E-state index in [1.165, 1.54) is 10.9 Å². The predicted molar refractivity (Wildman–Crippen MR) is 70.1 cm³/mol. The Hall–Kier alpha value is -1.28. The SMILES string of the molecule is Cc1c(C2(C(C)(C)N)CC2)oc2ccccc12. The fourth-order valence-electron chi connectivity index (χ4n) is 2.92. The lowest BCUT2D eigenvalue weighted by Crippen LogP contribution is -2.45. The van der Waals surface area contributed by atoms with Crippen LogP contribution in [-0.4, -0.2) is 5.54 Å². The first-order valence-corrected chi connectivity index (χ1v) is 6.23. The number of hydrogen-bond donors (Lipinski definition) is 1. The maximum Gasteiger partial charge on any atom is 0.134 e. The molecule has 0 amide bonds. The van der Waals surface area contributed by atoms with Crippen LogP contribution < -0.4 is 5.73 Å². The quantitative estimate of drug-likeness (QED) is 0.855. The molecule has 2 heteroatoms. The van der Waals surface area contributed by atoms with E-state index in [1.807, 2.05) is 12.1 Å². The van der Waals surface area contributed by atoms with E-state index < -0.39 is 0 Å². The van der Waals surface area contributed by atoms with Crippen molar-refractivity contribution in [1.29, 1.82) is 0 Å². The van der Waals surface area contributed by atoms with Gasteiger partial charge in [-0.2, -0.15) is 0 Å². The van der Waals surface area contributed by atoms with Gasteiger partial charge in [0.25, 0.3) is 0 Å². The fraction of sp³-hybridized carbons (Fsp3) is 0.467. The molecule has 2 N–H and O–H groups in total. The Balaban J connectivity index is 2.22. The van der Waals surface area contributed by atoms with Crippen molar-refractivity contribution >= 4 is 11.0 Å². The molecule has 1 saturated carbocycles. The number of fused-ring (bicyclic) bond motifs is 1. The second kappa shape index (κ2) is 3.14. The van der Waals surface area contributed by atoms with Crippen LogP contribution in [0.15, 0.2) is 28.7 Å². The molecule has 90 valence electrons. The van der Waals surface area contributed by atoms with E-state index in [1.54, 1.807) is 0 Å². The summed E-state index contributed by atoms with van der Waals surface area (Å²) in [6.07, 6.45) is 2.27. The van der Waals surface area contributed by atoms with Gasteiger partial charge in [-0.15, -0.1) is 0 Å². The molecule has 0 spiro atoms. The van der Waals surface area contributed by atoms with Gasteiger partial charge in [-0.1, -0.05) is 18.2 Å². The largest absolute Gasteiger partial charge is 0.460 e. The molecule has 0 aliphatic heterocycles. The summed E-state index contributed by atoms with van der Waals surface area (Å²) in [6, 6.07) is 8.23. The molecule has 1 heterocycles. The van der Waals surface area contributed by atoms with Crippen molar-refractivity contribution in [1.82, 2.24) is 0 Å². The Morgan fingerprint density at radius 2 is 1.88 bits per heavy atom. The molecular formula is C15H19NO. The first-order chi connectivity index (χ1) is 7.96. The summed E-state index contributed by atoms with van der Waals surface area (Å²) < 4.78 is 6.07. The first kappa shape index (κ1) is 10.8. The Kier molecular flexibility index (Phi) is 2.00. The van der Waals surface area contributed by atoms with Crippen molar-refractivity contribution in [2.24, 2.45) is 5.73 Å². The molecule has 3 rings (SSSR count). The summed E-state index contributed by atoms with van der Waals surface area (Å²) in [7, 11) is 0. The average molecular weight is 229 g/mol. The second-order valence-electron chi connectivity index (χ2n) is 5.86. The molecule has 17 heavy (non-hydrogen) atoms. The van der Waals surface area contributed by atoms with Gasteiger partial charge < -0.3 is 10.2 Å². The van der Waals surface area contributed by atoms with Gasteiger partial charge in [-0.25, -0.2) is 0 Å². The molecule has 2 nitrogen and oxygen atoms in total. The Morgan fingerprint density at radius 1 is 1.24 bits per heavy atom. The number of aryl methyl sites for hydroxylation is 1. The average Bonchev–Trinajstić information content (AvgIpc) is 3.01. The summed E-state index contributed by atoms with van der Waals surface area (Å²) in [6.45, 7) is 6.35. The molecule has 0 unspecified atom stereocenters. The van der Waals surface area contributed by atoms with Crippen molar-refractivity contribution < 1.29 is 4.42 Å². The van der Waals surface area contributed by atoms with E-state index in [-0.39, 0.29) is 11.0 Å². The molecule has 0 radical (unpaired) electrons. The van der Waals surface area contributed by atoms with Crippen LogP contribution in [-0.2, 0) is 5.41 Å². The van der Waals surface area contributed by atoms with Gasteiger partial charge in [0.15, 0.2) is 0 Å². The van der Waals surface area contributed by atoms with Crippen molar-refractivity contribution in [3.05, 3.63) is 35.6 Å². The van der Waals surface area contributed by atoms with Crippen LogP contribution in [0.3, 0.4) is 0 Å². The molecule has 1 aliphatic rings. The Morgan fingerprint density at radius 3 is 2.41 bits per heavy atom. The highest BCUT2D eigenvalue weighted by Crippen LogP contribution is 2.56. The van der Waals surface area contributed by atoms with Crippen molar-refractivity contribution in [2.45, 2.75) is 44.6 Å². The smallest absolute Gasteiger partial charge is 0.134 e. The lowest BCUT2D eigenvalue weighted by Gasteiger charge is -2.29. The van der Waals surface area contributed by atoms with Crippen molar-refractivity contribution in [3.8, 4) is 0 Å². The highest BCUT2D eigenvalue weighted by atomic mass is 16.3. The van der Waals surface area contributed by atoms with Crippen LogP contribution in [0.4, 0.5) is 0 Å². The van der Waals surface area contributed by atoms with Crippen molar-refractivity contribution in [2.75, 3.05) is 0 Å². The molecule has 2 aromatic rings. The third-order valence-corrected chi connectivity index (χ3v) is 4.26. The number of hydrogen-bond acceptors (Lipinski definition) is 2. The van der Waals surface area contributed by atoms with Crippen LogP contribution in [0.5, 0.6) is 0 Å². The van der Waals surface area contributed by atoms with Gasteiger partial charge in [0.05, 0.1) is 0 Å². The Labute approximate surface area is 102 Å². The molecule has 1 fully saturated rings. The highest BCUT2D eigenvalue weighted by Gasteiger charge is 2.57. The number of furan rings is 1. The maximum atomic E-state index is 6.34. The zero-order valence-electron chi connectivity index (χ0n) is 10.7. The minimum Gasteiger partial charge on any atom is -0.460 e. The summed E-state index contributed by atoms with van der Waals surface area (Å²) >= 11 is 0. The number of rotatable bonds is 2. The van der Waals surface area contributed by atoms with Crippen LogP contribution >= 0.6 is 0 Å². The Bertz CT molecular complexity index is 570. The van der Waals surface area contributed by atoms with Crippen LogP contribution in [0.25, 0.3) is 11.0 Å². The second-order valence-corrected chi connectivity index (χ2v) is 5.86. The summed E-state index contributed by atoms with van der Waals surface area (Å²) in [5, 5.41) is 1.22. The number of para-hydroxylation sites is 1. The fourth-order valence-corrected chi connectivity index (χ4v) is 2.92. The topological polar surface area (TPSA) is 39.2 Å². The van der Waals surface area contributed by atoms with Gasteiger partial charge in [-0.3, -0.25) is 0 Å². The standard InChI is InChI=1S/C15H19NO/c1-10-11-6-4-5-7-12(11)17-13(10)15(8-9-15)14(2,3)16/h4-7H,8-9,16H2,1-3H3. The van der Waals surface area contributed by atoms with E-state index in [2.05, 4.69) is 32.9 Å². The normalized spacial score (nSPS) is 18.6. The summed E-state index contributed by atoms with van der Waals surface area (Å²) in [5.41, 5.74) is 8.42. The van der Waals surface area contributed by atoms with E-state index in [0.717, 1.165) is 24.2 Å². The zero-order chi connectivity index (χ0) is 12.3. The third-order valence-electron chi connectivity index (χ3n) is 4.26. The maximum absolute atomic E-state index is 6.34. The zero-order valence-corrected chi connectivity index (χ0v) is 10.7. The number of nitrogens with two attached hydrogens (primary N) is 1. The molecule has 1 aromatic carbocycles. The highest BCUT2D eigenvalue weighted by molar-refractivity contribution is 5.82. The third kappa shape index (κ3) is 1.37. The minimum atomic E-state index is -0.217. The van der Waals surface area contributed by atoms with Crippen LogP contribution in [0, 0.1) is 6.92 Å². The van der Waals surface area contributed by atoms with Gasteiger partial charge >= 0.3 is 0 Å². The summed E-state index contributed by atoms with van der Waals surface area (Å²) in [5.74, 6) is 1.10. The molecule has 0 bridgehead atoms. The lowest BCUT2D eigenvalue weighted by atomic mass is 9.81. The summed E-state index contributed by atoms with van der Waals surface area (Å²) in [4.78, 5) is 0. The van der Waals surface area contributed by atoms with Gasteiger partial charge in [0, 0.05) is 16.3 Å². The van der Waals surface area contributed by atoms with Crippen LogP contribution in [0.1, 0.15) is 38.0 Å². The molecule has 1 aromatic heterocycles. The van der Waals surface area contributed by atoms with Gasteiger partial charge in [-0.05, 0) is 45.2 Å². The molecule has 0 atom stereocenters. The van der Waals surface area contributed by atoms with Gasteiger partial charge in [0.1, 0.15) is 11.3 Å². The molecule has 0 saturated heterocycles. The van der Waals surface area contributed by atoms with Gasteiger partial charge in [0.2, 0.25) is 0 Å². The lowest BCUT2D eigenvalue weighted by molar-refractivity contribution is 0.334.